The minimum Gasteiger partial charge on any atom is -0.495 e. The second-order valence-corrected chi connectivity index (χ2v) is 8.58. The first-order valence-corrected chi connectivity index (χ1v) is 10.8. The predicted octanol–water partition coefficient (Wildman–Crippen LogP) is 4.43. The van der Waals surface area contributed by atoms with Crippen molar-refractivity contribution < 1.29 is 9.53 Å². The highest BCUT2D eigenvalue weighted by Crippen LogP contribution is 2.33. The first-order valence-electron chi connectivity index (χ1n) is 10.0. The molecule has 1 aliphatic rings. The van der Waals surface area contributed by atoms with Gasteiger partial charge in [-0.05, 0) is 49.9 Å². The van der Waals surface area contributed by atoms with Crippen molar-refractivity contribution in [2.45, 2.75) is 33.1 Å². The van der Waals surface area contributed by atoms with Crippen LogP contribution in [0.15, 0.2) is 30.6 Å². The number of amides is 1. The van der Waals surface area contributed by atoms with E-state index in [9.17, 15) is 4.79 Å². The van der Waals surface area contributed by atoms with E-state index in [1.54, 1.807) is 24.8 Å². The van der Waals surface area contributed by atoms with E-state index in [1.807, 2.05) is 25.1 Å². The Balaban J connectivity index is 1.54. The van der Waals surface area contributed by atoms with Gasteiger partial charge in [0.2, 0.25) is 5.91 Å². The summed E-state index contributed by atoms with van der Waals surface area (Å²) in [7, 11) is 1.62. The standard InChI is InChI=1S/C22H26N4O2S/c1-4-16-11-17-20(23-13-24-22(17)29-16)26-9-5-6-15(12-26)21(27)25-18-10-14(2)7-8-19(18)28-3/h7-8,10-11,13,15H,4-6,9,12H2,1-3H3,(H,25,27)/t15-/m1/s1. The SMILES string of the molecule is CCc1cc2c(N3CCC[C@@H](C(=O)Nc4cc(C)ccc4OC)C3)ncnc2s1. The third-order valence-corrected chi connectivity index (χ3v) is 6.60. The lowest BCUT2D eigenvalue weighted by Crippen LogP contribution is -2.41. The molecule has 0 unspecified atom stereocenters. The van der Waals surface area contributed by atoms with Gasteiger partial charge in [0.15, 0.2) is 0 Å². The summed E-state index contributed by atoms with van der Waals surface area (Å²) in [6.45, 7) is 5.71. The smallest absolute Gasteiger partial charge is 0.229 e. The van der Waals surface area contributed by atoms with Crippen LogP contribution < -0.4 is 15.0 Å². The number of carbonyl (C=O) groups is 1. The first kappa shape index (κ1) is 19.6. The number of methoxy groups -OCH3 is 1. The van der Waals surface area contributed by atoms with E-state index in [0.29, 0.717) is 12.3 Å². The quantitative estimate of drug-likeness (QED) is 0.674. The van der Waals surface area contributed by atoms with E-state index in [4.69, 9.17) is 4.74 Å². The molecule has 0 radical (unpaired) electrons. The molecule has 1 saturated heterocycles. The van der Waals surface area contributed by atoms with E-state index in [0.717, 1.165) is 53.1 Å². The van der Waals surface area contributed by atoms with Crippen molar-refractivity contribution in [1.29, 1.82) is 0 Å². The van der Waals surface area contributed by atoms with Crippen LogP contribution >= 0.6 is 11.3 Å². The van der Waals surface area contributed by atoms with Crippen LogP contribution in [0.25, 0.3) is 10.2 Å². The number of anilines is 2. The average Bonchev–Trinajstić information content (AvgIpc) is 3.17. The molecular formula is C22H26N4O2S. The molecule has 0 spiro atoms. The fraction of sp³-hybridized carbons (Fsp3) is 0.409. The average molecular weight is 411 g/mol. The van der Waals surface area contributed by atoms with Gasteiger partial charge in [0, 0.05) is 18.0 Å². The molecule has 4 rings (SSSR count). The van der Waals surface area contributed by atoms with Crippen molar-refractivity contribution >= 4 is 39.0 Å². The molecule has 0 bridgehead atoms. The number of rotatable bonds is 5. The number of nitrogens with zero attached hydrogens (tertiary/aromatic N) is 3. The molecule has 1 fully saturated rings. The zero-order valence-corrected chi connectivity index (χ0v) is 17.9. The predicted molar refractivity (Wildman–Crippen MR) is 118 cm³/mol. The molecule has 3 heterocycles. The van der Waals surface area contributed by atoms with Gasteiger partial charge in [0.05, 0.1) is 24.1 Å². The van der Waals surface area contributed by atoms with Gasteiger partial charge in [-0.25, -0.2) is 9.97 Å². The summed E-state index contributed by atoms with van der Waals surface area (Å²) in [5, 5.41) is 4.17. The first-order chi connectivity index (χ1) is 14.1. The van der Waals surface area contributed by atoms with Crippen molar-refractivity contribution in [3.8, 4) is 5.75 Å². The largest absolute Gasteiger partial charge is 0.495 e. The highest BCUT2D eigenvalue weighted by Gasteiger charge is 2.28. The van der Waals surface area contributed by atoms with Crippen LogP contribution in [0.4, 0.5) is 11.5 Å². The topological polar surface area (TPSA) is 67.4 Å². The molecule has 1 aromatic carbocycles. The molecule has 152 valence electrons. The van der Waals surface area contributed by atoms with Crippen molar-refractivity contribution in [2.24, 2.45) is 5.92 Å². The number of hydrogen-bond donors (Lipinski definition) is 1. The summed E-state index contributed by atoms with van der Waals surface area (Å²) in [6, 6.07) is 8.00. The fourth-order valence-corrected chi connectivity index (χ4v) is 4.79. The molecule has 3 aromatic rings. The van der Waals surface area contributed by atoms with Gasteiger partial charge in [-0.2, -0.15) is 0 Å². The number of ether oxygens (including phenoxy) is 1. The molecule has 2 aromatic heterocycles. The van der Waals surface area contributed by atoms with Crippen LogP contribution in [0.2, 0.25) is 0 Å². The fourth-order valence-electron chi connectivity index (χ4n) is 3.86. The Bertz CT molecular complexity index is 1030. The third kappa shape index (κ3) is 4.05. The van der Waals surface area contributed by atoms with Crippen LogP contribution in [0.1, 0.15) is 30.2 Å². The van der Waals surface area contributed by atoms with Gasteiger partial charge in [0.25, 0.3) is 0 Å². The molecule has 7 heteroatoms. The number of thiophene rings is 1. The number of aryl methyl sites for hydroxylation is 2. The number of carbonyl (C=O) groups excluding carboxylic acids is 1. The zero-order chi connectivity index (χ0) is 20.4. The summed E-state index contributed by atoms with van der Waals surface area (Å²) in [5.74, 6) is 1.56. The van der Waals surface area contributed by atoms with Crippen LogP contribution in [0.5, 0.6) is 5.75 Å². The Morgan fingerprint density at radius 1 is 1.34 bits per heavy atom. The summed E-state index contributed by atoms with van der Waals surface area (Å²) in [4.78, 5) is 26.6. The summed E-state index contributed by atoms with van der Waals surface area (Å²) in [5.41, 5.74) is 1.81. The lowest BCUT2D eigenvalue weighted by molar-refractivity contribution is -0.120. The van der Waals surface area contributed by atoms with E-state index in [1.165, 1.54) is 4.88 Å². The molecule has 1 amide bonds. The van der Waals surface area contributed by atoms with Gasteiger partial charge < -0.3 is 15.0 Å². The Morgan fingerprint density at radius 2 is 2.21 bits per heavy atom. The monoisotopic (exact) mass is 410 g/mol. The number of fused-ring (bicyclic) bond motifs is 1. The maximum atomic E-state index is 13.0. The van der Waals surface area contributed by atoms with Gasteiger partial charge in [-0.1, -0.05) is 13.0 Å². The van der Waals surface area contributed by atoms with E-state index >= 15 is 0 Å². The number of aromatic nitrogens is 2. The van der Waals surface area contributed by atoms with Gasteiger partial charge in [-0.3, -0.25) is 4.79 Å². The zero-order valence-electron chi connectivity index (χ0n) is 17.1. The van der Waals surface area contributed by atoms with E-state index in [-0.39, 0.29) is 11.8 Å². The van der Waals surface area contributed by atoms with Crippen LogP contribution in [0, 0.1) is 12.8 Å². The second kappa shape index (κ2) is 8.37. The minimum absolute atomic E-state index is 0.0310. The summed E-state index contributed by atoms with van der Waals surface area (Å²) in [6.07, 6.45) is 4.45. The number of benzene rings is 1. The Hall–Kier alpha value is -2.67. The van der Waals surface area contributed by atoms with Crippen LogP contribution in [0.3, 0.4) is 0 Å². The maximum absolute atomic E-state index is 13.0. The highest BCUT2D eigenvalue weighted by molar-refractivity contribution is 7.18. The normalized spacial score (nSPS) is 16.8. The van der Waals surface area contributed by atoms with Gasteiger partial charge in [-0.15, -0.1) is 11.3 Å². The highest BCUT2D eigenvalue weighted by atomic mass is 32.1. The lowest BCUT2D eigenvalue weighted by Gasteiger charge is -2.33. The van der Waals surface area contributed by atoms with Crippen molar-refractivity contribution in [3.05, 3.63) is 41.0 Å². The van der Waals surface area contributed by atoms with Crippen molar-refractivity contribution in [3.63, 3.8) is 0 Å². The Morgan fingerprint density at radius 3 is 3.00 bits per heavy atom. The van der Waals surface area contributed by atoms with E-state index < -0.39 is 0 Å². The van der Waals surface area contributed by atoms with Crippen molar-refractivity contribution in [2.75, 3.05) is 30.4 Å². The Labute approximate surface area is 174 Å². The van der Waals surface area contributed by atoms with E-state index in [2.05, 4.69) is 33.2 Å². The number of nitrogens with one attached hydrogen (secondary N) is 1. The maximum Gasteiger partial charge on any atom is 0.229 e. The molecule has 0 aliphatic carbocycles. The molecular weight excluding hydrogens is 384 g/mol. The van der Waals surface area contributed by atoms with Crippen molar-refractivity contribution in [1.82, 2.24) is 9.97 Å². The van der Waals surface area contributed by atoms with Gasteiger partial charge >= 0.3 is 0 Å². The van der Waals surface area contributed by atoms with Crippen LogP contribution in [-0.4, -0.2) is 36.1 Å². The minimum atomic E-state index is -0.0942. The second-order valence-electron chi connectivity index (χ2n) is 7.46. The lowest BCUT2D eigenvalue weighted by atomic mass is 9.96. The summed E-state index contributed by atoms with van der Waals surface area (Å²) < 4.78 is 5.40. The molecule has 1 atom stereocenters. The number of piperidine rings is 1. The van der Waals surface area contributed by atoms with Gasteiger partial charge in [0.1, 0.15) is 22.7 Å². The molecule has 6 nitrogen and oxygen atoms in total. The third-order valence-electron chi connectivity index (χ3n) is 5.41. The Kier molecular flexibility index (Phi) is 5.67. The molecule has 1 aliphatic heterocycles. The number of hydrogen-bond acceptors (Lipinski definition) is 6. The molecule has 0 saturated carbocycles. The summed E-state index contributed by atoms with van der Waals surface area (Å²) >= 11 is 1.72. The molecule has 1 N–H and O–H groups in total. The molecule has 29 heavy (non-hydrogen) atoms. The van der Waals surface area contributed by atoms with Crippen LogP contribution in [-0.2, 0) is 11.2 Å².